The molecule has 3 heteroatoms. The van der Waals surface area contributed by atoms with Crippen LogP contribution in [-0.4, -0.2) is 13.2 Å². The molecule has 0 amide bonds. The van der Waals surface area contributed by atoms with Crippen LogP contribution in [0.5, 0.6) is 5.75 Å². The van der Waals surface area contributed by atoms with Crippen LogP contribution in [0, 0.1) is 0 Å². The summed E-state index contributed by atoms with van der Waals surface area (Å²) in [5.74, 6) is 0.402. The third kappa shape index (κ3) is 3.58. The standard InChI is InChI=1S/C22H23BrOSi/c1-2-3-16-25(19-10-6-4-7-11-19,20-12-8-5-9-13-20)22-17-18(23)14-15-21(22)24/h4-15,17,24H,2-3,16H2,1H3. The number of aromatic hydroxyl groups is 1. The molecule has 0 bridgehead atoms. The van der Waals surface area contributed by atoms with E-state index in [0.29, 0.717) is 5.75 Å². The first-order chi connectivity index (χ1) is 12.2. The van der Waals surface area contributed by atoms with Crippen LogP contribution in [0.15, 0.2) is 83.3 Å². The van der Waals surface area contributed by atoms with Gasteiger partial charge in [-0.25, -0.2) is 0 Å². The smallest absolute Gasteiger partial charge is 0.153 e. The topological polar surface area (TPSA) is 20.2 Å². The molecule has 3 aromatic carbocycles. The van der Waals surface area contributed by atoms with E-state index in [2.05, 4.69) is 89.6 Å². The van der Waals surface area contributed by atoms with Crippen LogP contribution < -0.4 is 15.6 Å². The molecule has 3 aromatic rings. The molecule has 1 nitrogen and oxygen atoms in total. The summed E-state index contributed by atoms with van der Waals surface area (Å²) in [7, 11) is -2.30. The number of phenols is 1. The molecule has 0 spiro atoms. The minimum Gasteiger partial charge on any atom is -0.508 e. The average Bonchev–Trinajstić information content (AvgIpc) is 2.67. The summed E-state index contributed by atoms with van der Waals surface area (Å²) in [6, 6.07) is 28.4. The lowest BCUT2D eigenvalue weighted by Gasteiger charge is -2.34. The Balaban J connectivity index is 2.34. The molecule has 0 aliphatic carbocycles. The number of halogens is 1. The van der Waals surface area contributed by atoms with Crippen molar-refractivity contribution in [3.05, 3.63) is 83.3 Å². The van der Waals surface area contributed by atoms with Gasteiger partial charge in [0.15, 0.2) is 8.07 Å². The quantitative estimate of drug-likeness (QED) is 0.470. The fourth-order valence-electron chi connectivity index (χ4n) is 3.64. The number of hydrogen-bond donors (Lipinski definition) is 1. The summed E-state index contributed by atoms with van der Waals surface area (Å²) in [6.45, 7) is 2.23. The van der Waals surface area contributed by atoms with Crippen LogP contribution in [0.2, 0.25) is 6.04 Å². The average molecular weight is 411 g/mol. The van der Waals surface area contributed by atoms with Gasteiger partial charge >= 0.3 is 0 Å². The monoisotopic (exact) mass is 410 g/mol. The molecule has 0 saturated heterocycles. The van der Waals surface area contributed by atoms with Gasteiger partial charge in [-0.05, 0) is 39.8 Å². The van der Waals surface area contributed by atoms with Crippen LogP contribution >= 0.6 is 15.9 Å². The Morgan fingerprint density at radius 1 is 0.840 bits per heavy atom. The van der Waals surface area contributed by atoms with Crippen molar-refractivity contribution in [3.63, 3.8) is 0 Å². The van der Waals surface area contributed by atoms with E-state index in [1.807, 2.05) is 12.1 Å². The van der Waals surface area contributed by atoms with Gasteiger partial charge < -0.3 is 5.11 Å². The lowest BCUT2D eigenvalue weighted by atomic mass is 10.3. The molecule has 0 fully saturated rings. The van der Waals surface area contributed by atoms with Crippen molar-refractivity contribution in [2.75, 3.05) is 0 Å². The SMILES string of the molecule is CCCC[Si](c1ccccc1)(c1ccccc1)c1cc(Br)ccc1O. The highest BCUT2D eigenvalue weighted by Gasteiger charge is 2.40. The number of hydrogen-bond acceptors (Lipinski definition) is 1. The maximum absolute atomic E-state index is 10.8. The van der Waals surface area contributed by atoms with Gasteiger partial charge in [-0.2, -0.15) is 0 Å². The Morgan fingerprint density at radius 2 is 1.40 bits per heavy atom. The summed E-state index contributed by atoms with van der Waals surface area (Å²) in [5, 5.41) is 14.6. The second-order valence-corrected chi connectivity index (χ2v) is 11.3. The van der Waals surface area contributed by atoms with Crippen molar-refractivity contribution in [1.29, 1.82) is 0 Å². The zero-order chi connectivity index (χ0) is 17.7. The van der Waals surface area contributed by atoms with E-state index in [4.69, 9.17) is 0 Å². The van der Waals surface area contributed by atoms with Gasteiger partial charge in [0, 0.05) is 4.47 Å². The van der Waals surface area contributed by atoms with Crippen molar-refractivity contribution in [2.45, 2.75) is 25.8 Å². The van der Waals surface area contributed by atoms with Crippen LogP contribution in [0.4, 0.5) is 0 Å². The molecular weight excluding hydrogens is 388 g/mol. The van der Waals surface area contributed by atoms with Crippen LogP contribution in [0.25, 0.3) is 0 Å². The Bertz CT molecular complexity index is 778. The van der Waals surface area contributed by atoms with E-state index >= 15 is 0 Å². The van der Waals surface area contributed by atoms with Crippen molar-refractivity contribution < 1.29 is 5.11 Å². The van der Waals surface area contributed by atoms with Gasteiger partial charge in [0.2, 0.25) is 0 Å². The molecule has 0 unspecified atom stereocenters. The highest BCUT2D eigenvalue weighted by atomic mass is 79.9. The van der Waals surface area contributed by atoms with E-state index in [0.717, 1.165) is 28.5 Å². The minimum atomic E-state index is -2.30. The number of phenolic OH excluding ortho intramolecular Hbond substituents is 1. The largest absolute Gasteiger partial charge is 0.508 e. The predicted molar refractivity (Wildman–Crippen MR) is 113 cm³/mol. The fourth-order valence-corrected chi connectivity index (χ4v) is 9.34. The molecule has 0 aliphatic rings. The van der Waals surface area contributed by atoms with E-state index in [1.165, 1.54) is 10.4 Å². The predicted octanol–water partition coefficient (Wildman–Crippen LogP) is 4.43. The van der Waals surface area contributed by atoms with Gasteiger partial charge in [-0.1, -0.05) is 96.4 Å². The van der Waals surface area contributed by atoms with E-state index in [-0.39, 0.29) is 0 Å². The van der Waals surface area contributed by atoms with Crippen molar-refractivity contribution in [2.24, 2.45) is 0 Å². The zero-order valence-electron chi connectivity index (χ0n) is 14.5. The Morgan fingerprint density at radius 3 is 1.92 bits per heavy atom. The number of unbranched alkanes of at least 4 members (excludes halogenated alkanes) is 1. The first-order valence-electron chi connectivity index (χ1n) is 8.78. The molecule has 0 aromatic heterocycles. The molecule has 25 heavy (non-hydrogen) atoms. The number of benzene rings is 3. The molecular formula is C22H23BrOSi. The van der Waals surface area contributed by atoms with E-state index in [1.54, 1.807) is 0 Å². The first kappa shape index (κ1) is 18.0. The molecule has 0 saturated carbocycles. The van der Waals surface area contributed by atoms with Crippen molar-refractivity contribution in [1.82, 2.24) is 0 Å². The summed E-state index contributed by atoms with van der Waals surface area (Å²) in [4.78, 5) is 0. The highest BCUT2D eigenvalue weighted by Crippen LogP contribution is 2.23. The first-order valence-corrected chi connectivity index (χ1v) is 11.8. The molecule has 0 atom stereocenters. The second-order valence-electron chi connectivity index (χ2n) is 6.40. The van der Waals surface area contributed by atoms with Crippen LogP contribution in [-0.2, 0) is 0 Å². The Kier molecular flexibility index (Phi) is 5.77. The van der Waals surface area contributed by atoms with Gasteiger partial charge in [0.05, 0.1) is 0 Å². The summed E-state index contributed by atoms with van der Waals surface area (Å²) < 4.78 is 1.01. The molecule has 128 valence electrons. The van der Waals surface area contributed by atoms with E-state index in [9.17, 15) is 5.11 Å². The second kappa shape index (κ2) is 8.02. The summed E-state index contributed by atoms with van der Waals surface area (Å²) in [5.41, 5.74) is 0. The molecule has 0 aliphatic heterocycles. The van der Waals surface area contributed by atoms with Crippen molar-refractivity contribution >= 4 is 39.6 Å². The lowest BCUT2D eigenvalue weighted by Crippen LogP contribution is -2.67. The third-order valence-electron chi connectivity index (χ3n) is 4.86. The van der Waals surface area contributed by atoms with Crippen LogP contribution in [0.1, 0.15) is 19.8 Å². The van der Waals surface area contributed by atoms with Gasteiger partial charge in [-0.15, -0.1) is 0 Å². The molecule has 1 N–H and O–H groups in total. The minimum absolute atomic E-state index is 0.402. The summed E-state index contributed by atoms with van der Waals surface area (Å²) in [6.07, 6.45) is 2.28. The maximum atomic E-state index is 10.8. The lowest BCUT2D eigenvalue weighted by molar-refractivity contribution is 0.479. The van der Waals surface area contributed by atoms with E-state index < -0.39 is 8.07 Å². The van der Waals surface area contributed by atoms with Gasteiger partial charge in [0.25, 0.3) is 0 Å². The molecule has 0 radical (unpaired) electrons. The van der Waals surface area contributed by atoms with Gasteiger partial charge in [-0.3, -0.25) is 0 Å². The Hall–Kier alpha value is -1.84. The third-order valence-corrected chi connectivity index (χ3v) is 10.4. The van der Waals surface area contributed by atoms with Gasteiger partial charge in [0.1, 0.15) is 5.75 Å². The normalized spacial score (nSPS) is 11.4. The highest BCUT2D eigenvalue weighted by molar-refractivity contribution is 9.10. The summed E-state index contributed by atoms with van der Waals surface area (Å²) >= 11 is 3.61. The maximum Gasteiger partial charge on any atom is 0.153 e. The Labute approximate surface area is 159 Å². The fraction of sp³-hybridized carbons (Fsp3) is 0.182. The zero-order valence-corrected chi connectivity index (χ0v) is 17.0. The van der Waals surface area contributed by atoms with Crippen molar-refractivity contribution in [3.8, 4) is 5.75 Å². The molecule has 3 rings (SSSR count). The van der Waals surface area contributed by atoms with Crippen LogP contribution in [0.3, 0.4) is 0 Å². The number of rotatable bonds is 6. The molecule has 0 heterocycles.